The van der Waals surface area contributed by atoms with Crippen molar-refractivity contribution in [1.29, 1.82) is 0 Å². The molecule has 0 fully saturated rings. The summed E-state index contributed by atoms with van der Waals surface area (Å²) in [6, 6.07) is 9.39. The Morgan fingerprint density at radius 2 is 2.00 bits per heavy atom. The van der Waals surface area contributed by atoms with Gasteiger partial charge in [0.05, 0.1) is 5.92 Å². The molecule has 1 N–H and O–H groups in total. The average molecular weight is 349 g/mol. The maximum atomic E-state index is 12.6. The van der Waals surface area contributed by atoms with E-state index in [1.165, 1.54) is 11.3 Å². The number of benzene rings is 1. The summed E-state index contributed by atoms with van der Waals surface area (Å²) in [5, 5.41) is 0. The SMILES string of the molecule is Cc1cc(S(=O)(=O)NC(=O)C2CCCc3ccccc32)sc1C. The number of rotatable bonds is 3. The zero-order chi connectivity index (χ0) is 16.6. The molecule has 0 bridgehead atoms. The summed E-state index contributed by atoms with van der Waals surface area (Å²) >= 11 is 1.19. The van der Waals surface area contributed by atoms with Gasteiger partial charge in [0.2, 0.25) is 5.91 Å². The molecule has 1 aromatic heterocycles. The van der Waals surface area contributed by atoms with Crippen LogP contribution in [0.15, 0.2) is 34.5 Å². The number of carbonyl (C=O) groups excluding carboxylic acids is 1. The molecule has 1 aromatic carbocycles. The van der Waals surface area contributed by atoms with E-state index >= 15 is 0 Å². The third-order valence-electron chi connectivity index (χ3n) is 4.33. The van der Waals surface area contributed by atoms with Gasteiger partial charge in [-0.15, -0.1) is 11.3 Å². The van der Waals surface area contributed by atoms with Crippen molar-refractivity contribution < 1.29 is 13.2 Å². The molecule has 2 aromatic rings. The number of amides is 1. The summed E-state index contributed by atoms with van der Waals surface area (Å²) in [4.78, 5) is 13.5. The molecule has 1 atom stereocenters. The molecule has 1 heterocycles. The molecule has 0 saturated heterocycles. The maximum absolute atomic E-state index is 12.6. The van der Waals surface area contributed by atoms with Crippen LogP contribution in [0, 0.1) is 13.8 Å². The third-order valence-corrected chi connectivity index (χ3v) is 7.30. The van der Waals surface area contributed by atoms with Crippen LogP contribution in [0.5, 0.6) is 0 Å². The van der Waals surface area contributed by atoms with Crippen molar-refractivity contribution in [3.05, 3.63) is 51.9 Å². The summed E-state index contributed by atoms with van der Waals surface area (Å²) in [5.74, 6) is -0.822. The minimum absolute atomic E-state index is 0.199. The molecular weight excluding hydrogens is 330 g/mol. The van der Waals surface area contributed by atoms with Crippen LogP contribution in [0.4, 0.5) is 0 Å². The molecule has 3 rings (SSSR count). The van der Waals surface area contributed by atoms with E-state index in [4.69, 9.17) is 0 Å². The fraction of sp³-hybridized carbons (Fsp3) is 0.353. The van der Waals surface area contributed by atoms with Crippen molar-refractivity contribution in [2.24, 2.45) is 0 Å². The van der Waals surface area contributed by atoms with Crippen LogP contribution < -0.4 is 4.72 Å². The van der Waals surface area contributed by atoms with E-state index in [9.17, 15) is 13.2 Å². The fourth-order valence-electron chi connectivity index (χ4n) is 2.95. The van der Waals surface area contributed by atoms with Gasteiger partial charge in [0.1, 0.15) is 4.21 Å². The monoisotopic (exact) mass is 349 g/mol. The van der Waals surface area contributed by atoms with Crippen molar-refractivity contribution in [3.8, 4) is 0 Å². The highest BCUT2D eigenvalue weighted by atomic mass is 32.2. The molecule has 0 spiro atoms. The number of aryl methyl sites for hydroxylation is 3. The van der Waals surface area contributed by atoms with Crippen molar-refractivity contribution in [2.75, 3.05) is 0 Å². The Kier molecular flexibility index (Phi) is 4.29. The van der Waals surface area contributed by atoms with Gasteiger partial charge >= 0.3 is 0 Å². The summed E-state index contributed by atoms with van der Waals surface area (Å²) in [6.07, 6.45) is 2.52. The highest BCUT2D eigenvalue weighted by Gasteiger charge is 2.30. The smallest absolute Gasteiger partial charge is 0.273 e. The summed E-state index contributed by atoms with van der Waals surface area (Å²) in [7, 11) is -3.79. The zero-order valence-electron chi connectivity index (χ0n) is 13.1. The Labute approximate surface area is 140 Å². The van der Waals surface area contributed by atoms with Crippen molar-refractivity contribution in [2.45, 2.75) is 43.2 Å². The van der Waals surface area contributed by atoms with E-state index in [2.05, 4.69) is 4.72 Å². The largest absolute Gasteiger partial charge is 0.273 e. The van der Waals surface area contributed by atoms with E-state index in [1.807, 2.05) is 38.1 Å². The second kappa shape index (κ2) is 6.09. The molecule has 1 aliphatic rings. The second-order valence-corrected chi connectivity index (χ2v) is 9.08. The predicted molar refractivity (Wildman–Crippen MR) is 91.2 cm³/mol. The molecule has 122 valence electrons. The van der Waals surface area contributed by atoms with Gasteiger partial charge < -0.3 is 0 Å². The first-order valence-corrected chi connectivity index (χ1v) is 9.90. The quantitative estimate of drug-likeness (QED) is 0.925. The summed E-state index contributed by atoms with van der Waals surface area (Å²) in [6.45, 7) is 3.74. The molecule has 0 aliphatic heterocycles. The maximum Gasteiger partial charge on any atom is 0.273 e. The number of fused-ring (bicyclic) bond motifs is 1. The Morgan fingerprint density at radius 1 is 1.26 bits per heavy atom. The van der Waals surface area contributed by atoms with Gasteiger partial charge in [-0.1, -0.05) is 24.3 Å². The molecule has 6 heteroatoms. The highest BCUT2D eigenvalue weighted by Crippen LogP contribution is 2.32. The van der Waals surface area contributed by atoms with Crippen LogP contribution in [-0.4, -0.2) is 14.3 Å². The minimum atomic E-state index is -3.79. The number of hydrogen-bond donors (Lipinski definition) is 1. The fourth-order valence-corrected chi connectivity index (χ4v) is 5.49. The van der Waals surface area contributed by atoms with Gasteiger partial charge in [-0.2, -0.15) is 0 Å². The standard InChI is InChI=1S/C17H19NO3S2/c1-11-10-16(22-12(11)2)23(20,21)18-17(19)15-9-5-7-13-6-3-4-8-14(13)15/h3-4,6,8,10,15H,5,7,9H2,1-2H3,(H,18,19). The molecule has 1 amide bonds. The van der Waals surface area contributed by atoms with E-state index in [1.54, 1.807) is 6.07 Å². The molecule has 4 nitrogen and oxygen atoms in total. The zero-order valence-corrected chi connectivity index (χ0v) is 14.8. The summed E-state index contributed by atoms with van der Waals surface area (Å²) < 4.78 is 27.3. The Hall–Kier alpha value is -1.66. The molecule has 0 radical (unpaired) electrons. The number of thiophene rings is 1. The van der Waals surface area contributed by atoms with Gasteiger partial charge in [0.25, 0.3) is 10.0 Å². The van der Waals surface area contributed by atoms with Crippen LogP contribution in [0.3, 0.4) is 0 Å². The topological polar surface area (TPSA) is 63.2 Å². The third kappa shape index (κ3) is 3.19. The lowest BCUT2D eigenvalue weighted by Crippen LogP contribution is -2.35. The van der Waals surface area contributed by atoms with Gasteiger partial charge in [-0.05, 0) is 55.9 Å². The van der Waals surface area contributed by atoms with E-state index in [-0.39, 0.29) is 4.21 Å². The second-order valence-electron chi connectivity index (χ2n) is 5.92. The van der Waals surface area contributed by atoms with Crippen LogP contribution >= 0.6 is 11.3 Å². The Morgan fingerprint density at radius 3 is 2.70 bits per heavy atom. The van der Waals surface area contributed by atoms with Gasteiger partial charge in [0, 0.05) is 4.88 Å². The van der Waals surface area contributed by atoms with Crippen LogP contribution in [-0.2, 0) is 21.2 Å². The van der Waals surface area contributed by atoms with Crippen LogP contribution in [0.25, 0.3) is 0 Å². The minimum Gasteiger partial charge on any atom is -0.273 e. The van der Waals surface area contributed by atoms with Crippen molar-refractivity contribution in [1.82, 2.24) is 4.72 Å². The predicted octanol–water partition coefficient (Wildman–Crippen LogP) is 3.29. The normalized spacial score (nSPS) is 17.6. The van der Waals surface area contributed by atoms with Crippen molar-refractivity contribution in [3.63, 3.8) is 0 Å². The molecule has 0 saturated carbocycles. The molecular formula is C17H19NO3S2. The lowest BCUT2D eigenvalue weighted by molar-refractivity contribution is -0.121. The molecule has 1 unspecified atom stereocenters. The number of nitrogens with one attached hydrogen (secondary N) is 1. The highest BCUT2D eigenvalue weighted by molar-refractivity contribution is 7.92. The lowest BCUT2D eigenvalue weighted by atomic mass is 9.82. The lowest BCUT2D eigenvalue weighted by Gasteiger charge is -2.24. The molecule has 1 aliphatic carbocycles. The number of hydrogen-bond acceptors (Lipinski definition) is 4. The van der Waals surface area contributed by atoms with E-state index < -0.39 is 21.8 Å². The first-order chi connectivity index (χ1) is 10.9. The average Bonchev–Trinajstić information content (AvgIpc) is 2.86. The van der Waals surface area contributed by atoms with Crippen LogP contribution in [0.2, 0.25) is 0 Å². The van der Waals surface area contributed by atoms with Gasteiger partial charge in [-0.25, -0.2) is 13.1 Å². The Balaban J connectivity index is 1.85. The number of sulfonamides is 1. The molecule has 23 heavy (non-hydrogen) atoms. The van der Waals surface area contributed by atoms with Gasteiger partial charge in [0.15, 0.2) is 0 Å². The summed E-state index contributed by atoms with van der Waals surface area (Å²) in [5.41, 5.74) is 3.01. The van der Waals surface area contributed by atoms with E-state index in [0.29, 0.717) is 6.42 Å². The van der Waals surface area contributed by atoms with Crippen LogP contribution in [0.1, 0.15) is 40.3 Å². The first kappa shape index (κ1) is 16.2. The first-order valence-electron chi connectivity index (χ1n) is 7.60. The van der Waals surface area contributed by atoms with Crippen molar-refractivity contribution >= 4 is 27.3 Å². The van der Waals surface area contributed by atoms with E-state index in [0.717, 1.165) is 34.4 Å². The number of carbonyl (C=O) groups is 1. The van der Waals surface area contributed by atoms with Gasteiger partial charge in [-0.3, -0.25) is 4.79 Å². The Bertz CT molecular complexity index is 833.